The highest BCUT2D eigenvalue weighted by Crippen LogP contribution is 2.42. The van der Waals surface area contributed by atoms with E-state index in [1.807, 2.05) is 25.3 Å². The average Bonchev–Trinajstić information content (AvgIpc) is 2.36. The molecule has 0 radical (unpaired) electrons. The first-order valence-electron chi connectivity index (χ1n) is 5.42. The molecule has 0 saturated heterocycles. The third-order valence-electron chi connectivity index (χ3n) is 2.72. The minimum absolute atomic E-state index is 0.132. The van der Waals surface area contributed by atoms with Crippen LogP contribution in [0.3, 0.4) is 0 Å². The Morgan fingerprint density at radius 3 is 2.41 bits per heavy atom. The molecule has 0 fully saturated rings. The van der Waals surface area contributed by atoms with Gasteiger partial charge in [0, 0.05) is 12.0 Å². The summed E-state index contributed by atoms with van der Waals surface area (Å²) in [5.74, 6) is 1.61. The van der Waals surface area contributed by atoms with Gasteiger partial charge in [0.2, 0.25) is 0 Å². The molecule has 1 atom stereocenters. The van der Waals surface area contributed by atoms with Crippen molar-refractivity contribution >= 4 is 18.0 Å². The lowest BCUT2D eigenvalue weighted by atomic mass is 9.97. The molecule has 0 aliphatic rings. The van der Waals surface area contributed by atoms with Crippen LogP contribution in [0, 0.1) is 0 Å². The Morgan fingerprint density at radius 1 is 1.29 bits per heavy atom. The summed E-state index contributed by atoms with van der Waals surface area (Å²) in [5, 5.41) is 0. The van der Waals surface area contributed by atoms with Crippen LogP contribution in [0.15, 0.2) is 17.0 Å². The highest BCUT2D eigenvalue weighted by Gasteiger charge is 2.18. The van der Waals surface area contributed by atoms with Crippen molar-refractivity contribution in [1.29, 1.82) is 0 Å². The first-order valence-corrected chi connectivity index (χ1v) is 6.64. The Kier molecular flexibility index (Phi) is 5.35. The van der Waals surface area contributed by atoms with Crippen LogP contribution in [-0.4, -0.2) is 26.8 Å². The van der Waals surface area contributed by atoms with E-state index in [0.717, 1.165) is 28.2 Å². The molecule has 94 valence electrons. The number of ether oxygens (including phenoxy) is 2. The van der Waals surface area contributed by atoms with Crippen LogP contribution in [0.5, 0.6) is 11.5 Å². The van der Waals surface area contributed by atoms with E-state index < -0.39 is 0 Å². The van der Waals surface area contributed by atoms with Crippen LogP contribution in [0.25, 0.3) is 0 Å². The van der Waals surface area contributed by atoms with Gasteiger partial charge < -0.3 is 14.3 Å². The number of hydrogen-bond donors (Lipinski definition) is 0. The third-order valence-corrected chi connectivity index (χ3v) is 3.48. The van der Waals surface area contributed by atoms with Gasteiger partial charge >= 0.3 is 0 Å². The standard InChI is InChI=1S/C13H18O3S/c1-9(7-8-14)10-5-6-11(17-4)13(16-3)12(10)15-2/h5-6,8-9H,7H2,1-4H3. The van der Waals surface area contributed by atoms with Gasteiger partial charge in [0.05, 0.1) is 19.1 Å². The topological polar surface area (TPSA) is 35.5 Å². The second-order valence-electron chi connectivity index (χ2n) is 3.73. The maximum absolute atomic E-state index is 10.6. The highest BCUT2D eigenvalue weighted by atomic mass is 32.2. The van der Waals surface area contributed by atoms with Crippen molar-refractivity contribution in [3.63, 3.8) is 0 Å². The molecule has 4 heteroatoms. The van der Waals surface area contributed by atoms with E-state index in [9.17, 15) is 4.79 Å². The van der Waals surface area contributed by atoms with Gasteiger partial charge in [-0.25, -0.2) is 0 Å². The molecule has 0 N–H and O–H groups in total. The summed E-state index contributed by atoms with van der Waals surface area (Å²) in [7, 11) is 3.25. The van der Waals surface area contributed by atoms with Crippen LogP contribution in [0.2, 0.25) is 0 Å². The molecule has 1 aromatic rings. The lowest BCUT2D eigenvalue weighted by molar-refractivity contribution is -0.108. The van der Waals surface area contributed by atoms with Gasteiger partial charge in [0.15, 0.2) is 11.5 Å². The molecule has 0 aliphatic carbocycles. The van der Waals surface area contributed by atoms with Crippen molar-refractivity contribution in [3.05, 3.63) is 17.7 Å². The Morgan fingerprint density at radius 2 is 1.94 bits per heavy atom. The molecule has 0 saturated carbocycles. The minimum atomic E-state index is 0.132. The first kappa shape index (κ1) is 13.9. The maximum atomic E-state index is 10.6. The van der Waals surface area contributed by atoms with Crippen molar-refractivity contribution < 1.29 is 14.3 Å². The number of aldehydes is 1. The summed E-state index contributed by atoms with van der Waals surface area (Å²) in [6.45, 7) is 2.00. The van der Waals surface area contributed by atoms with Crippen molar-refractivity contribution in [3.8, 4) is 11.5 Å². The smallest absolute Gasteiger partial charge is 0.174 e. The Balaban J connectivity index is 3.27. The van der Waals surface area contributed by atoms with Gasteiger partial charge in [-0.1, -0.05) is 13.0 Å². The van der Waals surface area contributed by atoms with E-state index >= 15 is 0 Å². The highest BCUT2D eigenvalue weighted by molar-refractivity contribution is 7.98. The van der Waals surface area contributed by atoms with Crippen LogP contribution in [0.4, 0.5) is 0 Å². The summed E-state index contributed by atoms with van der Waals surface area (Å²) < 4.78 is 10.8. The molecular formula is C13H18O3S. The van der Waals surface area contributed by atoms with E-state index in [2.05, 4.69) is 0 Å². The number of benzene rings is 1. The number of thioether (sulfide) groups is 1. The summed E-state index contributed by atoms with van der Waals surface area (Å²) in [4.78, 5) is 11.6. The summed E-state index contributed by atoms with van der Waals surface area (Å²) in [6.07, 6.45) is 3.41. The van der Waals surface area contributed by atoms with Gasteiger partial charge in [0.25, 0.3) is 0 Å². The summed E-state index contributed by atoms with van der Waals surface area (Å²) in [6, 6.07) is 4.00. The Labute approximate surface area is 106 Å². The zero-order chi connectivity index (χ0) is 12.8. The SMILES string of the molecule is COc1c(SC)ccc(C(C)CC=O)c1OC. The van der Waals surface area contributed by atoms with E-state index in [0.29, 0.717) is 6.42 Å². The van der Waals surface area contributed by atoms with Gasteiger partial charge in [-0.3, -0.25) is 0 Å². The number of carbonyl (C=O) groups excluding carboxylic acids is 1. The number of methoxy groups -OCH3 is 2. The number of hydrogen-bond acceptors (Lipinski definition) is 4. The fraction of sp³-hybridized carbons (Fsp3) is 0.462. The molecule has 0 aliphatic heterocycles. The van der Waals surface area contributed by atoms with Crippen molar-refractivity contribution in [1.82, 2.24) is 0 Å². The molecule has 0 heterocycles. The van der Waals surface area contributed by atoms with Gasteiger partial charge in [-0.05, 0) is 18.2 Å². The van der Waals surface area contributed by atoms with Crippen LogP contribution in [-0.2, 0) is 4.79 Å². The van der Waals surface area contributed by atoms with E-state index in [1.54, 1.807) is 26.0 Å². The normalized spacial score (nSPS) is 12.0. The summed E-state index contributed by atoms with van der Waals surface area (Å²) in [5.41, 5.74) is 1.01. The second-order valence-corrected chi connectivity index (χ2v) is 4.58. The fourth-order valence-electron chi connectivity index (χ4n) is 1.78. The number of carbonyl (C=O) groups is 1. The number of rotatable bonds is 6. The van der Waals surface area contributed by atoms with E-state index in [4.69, 9.17) is 9.47 Å². The van der Waals surface area contributed by atoms with Gasteiger partial charge in [0.1, 0.15) is 6.29 Å². The molecule has 0 spiro atoms. The average molecular weight is 254 g/mol. The van der Waals surface area contributed by atoms with Crippen molar-refractivity contribution in [2.45, 2.75) is 24.2 Å². The molecule has 17 heavy (non-hydrogen) atoms. The predicted molar refractivity (Wildman–Crippen MR) is 70.4 cm³/mol. The zero-order valence-corrected chi connectivity index (χ0v) is 11.5. The largest absolute Gasteiger partial charge is 0.493 e. The quantitative estimate of drug-likeness (QED) is 0.577. The molecule has 0 aromatic heterocycles. The first-order chi connectivity index (χ1) is 8.19. The molecule has 1 unspecified atom stereocenters. The van der Waals surface area contributed by atoms with Crippen molar-refractivity contribution in [2.24, 2.45) is 0 Å². The van der Waals surface area contributed by atoms with Crippen LogP contribution >= 0.6 is 11.8 Å². The molecule has 1 rings (SSSR count). The monoisotopic (exact) mass is 254 g/mol. The third kappa shape index (κ3) is 2.94. The molecule has 1 aromatic carbocycles. The predicted octanol–water partition coefficient (Wildman–Crippen LogP) is 3.12. The van der Waals surface area contributed by atoms with Gasteiger partial charge in [-0.2, -0.15) is 0 Å². The van der Waals surface area contributed by atoms with E-state index in [1.165, 1.54) is 0 Å². The minimum Gasteiger partial charge on any atom is -0.493 e. The zero-order valence-electron chi connectivity index (χ0n) is 10.6. The Bertz CT molecular complexity index is 390. The molecular weight excluding hydrogens is 236 g/mol. The maximum Gasteiger partial charge on any atom is 0.174 e. The lowest BCUT2D eigenvalue weighted by Gasteiger charge is -2.18. The fourth-order valence-corrected chi connectivity index (χ4v) is 2.35. The van der Waals surface area contributed by atoms with Gasteiger partial charge in [-0.15, -0.1) is 11.8 Å². The molecule has 3 nitrogen and oxygen atoms in total. The molecule has 0 bridgehead atoms. The lowest BCUT2D eigenvalue weighted by Crippen LogP contribution is -2.01. The van der Waals surface area contributed by atoms with Crippen LogP contribution < -0.4 is 9.47 Å². The van der Waals surface area contributed by atoms with Crippen LogP contribution in [0.1, 0.15) is 24.8 Å². The summed E-state index contributed by atoms with van der Waals surface area (Å²) >= 11 is 1.61. The van der Waals surface area contributed by atoms with E-state index in [-0.39, 0.29) is 5.92 Å². The molecule has 0 amide bonds. The Hall–Kier alpha value is -1.16. The van der Waals surface area contributed by atoms with Crippen molar-refractivity contribution in [2.75, 3.05) is 20.5 Å². The second kappa shape index (κ2) is 6.55.